The van der Waals surface area contributed by atoms with E-state index in [1.807, 2.05) is 0 Å². The fraction of sp³-hybridized carbons (Fsp3) is 0.391. The lowest BCUT2D eigenvalue weighted by Crippen LogP contribution is -2.30. The minimum Gasteiger partial charge on any atom is -0.304 e. The van der Waals surface area contributed by atoms with Crippen molar-refractivity contribution in [3.63, 3.8) is 0 Å². The maximum absolute atomic E-state index is 13.6. The number of aromatic nitrogens is 2. The van der Waals surface area contributed by atoms with Crippen molar-refractivity contribution in [1.29, 1.82) is 0 Å². The average Bonchev–Trinajstić information content (AvgIpc) is 3.07. The highest BCUT2D eigenvalue weighted by atomic mass is 35.5. The summed E-state index contributed by atoms with van der Waals surface area (Å²) in [5.41, 5.74) is -0.825. The van der Waals surface area contributed by atoms with Gasteiger partial charge in [-0.1, -0.05) is 48.8 Å². The monoisotopic (exact) mass is 403 g/mol. The van der Waals surface area contributed by atoms with Crippen molar-refractivity contribution >= 4 is 22.4 Å². The Morgan fingerprint density at radius 2 is 1.93 bits per heavy atom. The van der Waals surface area contributed by atoms with Crippen LogP contribution in [0.1, 0.15) is 54.5 Å². The molecule has 2 heterocycles. The Labute approximate surface area is 182 Å². The molecule has 1 aromatic heterocycles. The van der Waals surface area contributed by atoms with E-state index in [0.717, 1.165) is 4.68 Å². The van der Waals surface area contributed by atoms with Gasteiger partial charge >= 0.3 is 0 Å². The number of halogens is 1. The maximum Gasteiger partial charge on any atom is 0.274 e. The van der Waals surface area contributed by atoms with Crippen molar-refractivity contribution in [2.45, 2.75) is 38.6 Å². The summed E-state index contributed by atoms with van der Waals surface area (Å²) >= 11 is 5.98. The SMILES string of the molecule is [2H]c1c([2H])c([2H])c2c(=O)n(C3CCCN(C([2H])([2H])C)CC3)nc(C([2H])([2H])c3ccc(Cl)cc3)c2c1[2H]. The molecule has 1 aliphatic heterocycles. The topological polar surface area (TPSA) is 38.1 Å². The zero-order chi connectivity index (χ0) is 26.6. The lowest BCUT2D eigenvalue weighted by atomic mass is 10.0. The molecule has 2 aromatic carbocycles. The molecule has 5 heteroatoms. The normalized spacial score (nSPS) is 23.4. The van der Waals surface area contributed by atoms with Gasteiger partial charge in [-0.2, -0.15) is 5.10 Å². The van der Waals surface area contributed by atoms with E-state index in [4.69, 9.17) is 22.6 Å². The molecule has 0 bridgehead atoms. The summed E-state index contributed by atoms with van der Waals surface area (Å²) in [5, 5.41) is 4.28. The number of fused-ring (bicyclic) bond motifs is 1. The predicted molar refractivity (Wildman–Crippen MR) is 115 cm³/mol. The number of rotatable bonds is 4. The van der Waals surface area contributed by atoms with E-state index in [-0.39, 0.29) is 22.0 Å². The third kappa shape index (κ3) is 3.98. The van der Waals surface area contributed by atoms with E-state index in [1.165, 1.54) is 31.2 Å². The molecular weight excluding hydrogens is 370 g/mol. The van der Waals surface area contributed by atoms with Gasteiger partial charge in [-0.15, -0.1) is 0 Å². The smallest absolute Gasteiger partial charge is 0.274 e. The molecule has 3 aromatic rings. The van der Waals surface area contributed by atoms with Gasteiger partial charge in [0.2, 0.25) is 0 Å². The highest BCUT2D eigenvalue weighted by molar-refractivity contribution is 6.30. The van der Waals surface area contributed by atoms with Crippen LogP contribution in [0.4, 0.5) is 0 Å². The molecule has 28 heavy (non-hydrogen) atoms. The van der Waals surface area contributed by atoms with Gasteiger partial charge in [0.05, 0.1) is 22.6 Å². The predicted octanol–water partition coefficient (Wildman–Crippen LogP) is 4.69. The molecule has 1 unspecified atom stereocenters. The van der Waals surface area contributed by atoms with E-state index < -0.39 is 48.6 Å². The summed E-state index contributed by atoms with van der Waals surface area (Å²) in [6.45, 7) is 0.781. The Balaban J connectivity index is 1.99. The van der Waals surface area contributed by atoms with Gasteiger partial charge in [-0.3, -0.25) is 4.79 Å². The molecule has 0 N–H and O–H groups in total. The summed E-state index contributed by atoms with van der Waals surface area (Å²) in [6.07, 6.45) is -0.870. The van der Waals surface area contributed by atoms with E-state index in [1.54, 1.807) is 4.90 Å². The van der Waals surface area contributed by atoms with E-state index >= 15 is 0 Å². The first-order valence-electron chi connectivity index (χ1n) is 13.3. The summed E-state index contributed by atoms with van der Waals surface area (Å²) in [6, 6.07) is 3.27. The fourth-order valence-electron chi connectivity index (χ4n) is 3.52. The standard InChI is InChI=1S/C23H26ClN3O/c1-2-26-14-5-6-19(13-15-26)27-23(28)21-8-4-3-7-20(21)22(25-27)16-17-9-11-18(24)12-10-17/h3-4,7-12,19H,2,5-6,13-16H2,1H3/i2D2,3D,4D,7D,8D,16D2. The second-order valence-electron chi connectivity index (χ2n) is 6.78. The largest absolute Gasteiger partial charge is 0.304 e. The molecule has 0 saturated carbocycles. The van der Waals surface area contributed by atoms with Crippen LogP contribution in [0.5, 0.6) is 0 Å². The van der Waals surface area contributed by atoms with Crippen LogP contribution < -0.4 is 5.56 Å². The number of hydrogen-bond acceptors (Lipinski definition) is 3. The van der Waals surface area contributed by atoms with E-state index in [9.17, 15) is 4.79 Å². The number of nitrogens with zero attached hydrogens (tertiary/aromatic N) is 3. The molecule has 146 valence electrons. The van der Waals surface area contributed by atoms with Crippen LogP contribution in [-0.4, -0.2) is 34.3 Å². The highest BCUT2D eigenvalue weighted by Gasteiger charge is 2.21. The molecule has 4 nitrogen and oxygen atoms in total. The highest BCUT2D eigenvalue weighted by Crippen LogP contribution is 2.24. The second kappa shape index (κ2) is 8.46. The van der Waals surface area contributed by atoms with Gasteiger partial charge in [0, 0.05) is 28.8 Å². The molecular formula is C23H26ClN3O. The third-order valence-corrected chi connectivity index (χ3v) is 5.27. The number of benzene rings is 2. The first kappa shape index (κ1) is 11.7. The molecule has 0 amide bonds. The van der Waals surface area contributed by atoms with Gasteiger partial charge in [-0.25, -0.2) is 4.68 Å². The van der Waals surface area contributed by atoms with Crippen LogP contribution in [0.2, 0.25) is 5.02 Å². The van der Waals surface area contributed by atoms with Crippen molar-refractivity contribution in [2.24, 2.45) is 0 Å². The number of hydrogen-bond donors (Lipinski definition) is 0. The Morgan fingerprint density at radius 1 is 1.18 bits per heavy atom. The minimum atomic E-state index is -2.31. The van der Waals surface area contributed by atoms with Crippen molar-refractivity contribution in [3.05, 3.63) is 75.1 Å². The van der Waals surface area contributed by atoms with Gasteiger partial charge in [-0.05, 0) is 56.0 Å². The van der Waals surface area contributed by atoms with E-state index in [2.05, 4.69) is 5.10 Å². The van der Waals surface area contributed by atoms with Crippen molar-refractivity contribution in [1.82, 2.24) is 14.7 Å². The summed E-state index contributed by atoms with van der Waals surface area (Å²) in [5.74, 6) is 0. The van der Waals surface area contributed by atoms with Gasteiger partial charge < -0.3 is 4.90 Å². The molecule has 1 saturated heterocycles. The van der Waals surface area contributed by atoms with Crippen LogP contribution in [-0.2, 0) is 6.37 Å². The first-order chi connectivity index (χ1) is 16.7. The molecule has 0 aliphatic carbocycles. The molecule has 1 atom stereocenters. The first-order valence-corrected chi connectivity index (χ1v) is 9.67. The quantitative estimate of drug-likeness (QED) is 0.634. The maximum atomic E-state index is 13.6. The van der Waals surface area contributed by atoms with Crippen LogP contribution in [0.3, 0.4) is 0 Å². The van der Waals surface area contributed by atoms with Crippen molar-refractivity contribution in [3.8, 4) is 0 Å². The van der Waals surface area contributed by atoms with Gasteiger partial charge in [0.15, 0.2) is 0 Å². The van der Waals surface area contributed by atoms with Crippen molar-refractivity contribution < 1.29 is 11.0 Å². The summed E-state index contributed by atoms with van der Waals surface area (Å²) < 4.78 is 68.2. The van der Waals surface area contributed by atoms with Crippen LogP contribution in [0.15, 0.2) is 53.2 Å². The van der Waals surface area contributed by atoms with Gasteiger partial charge in [0.25, 0.3) is 5.56 Å². The van der Waals surface area contributed by atoms with Crippen molar-refractivity contribution in [2.75, 3.05) is 19.6 Å². The van der Waals surface area contributed by atoms with Crippen LogP contribution >= 0.6 is 11.6 Å². The lowest BCUT2D eigenvalue weighted by molar-refractivity contribution is 0.292. The average molecular weight is 404 g/mol. The molecule has 1 aliphatic rings. The Morgan fingerprint density at radius 3 is 2.68 bits per heavy atom. The number of likely N-dealkylation sites (tertiary alicyclic amines) is 1. The zero-order valence-electron chi connectivity index (χ0n) is 23.6. The Hall–Kier alpha value is -2.17. The third-order valence-electron chi connectivity index (χ3n) is 5.02. The Kier molecular flexibility index (Phi) is 3.55. The lowest BCUT2D eigenvalue weighted by Gasteiger charge is -2.20. The zero-order valence-corrected chi connectivity index (χ0v) is 16.3. The van der Waals surface area contributed by atoms with Crippen LogP contribution in [0.25, 0.3) is 10.8 Å². The summed E-state index contributed by atoms with van der Waals surface area (Å²) in [4.78, 5) is 15.3. The van der Waals surface area contributed by atoms with Crippen LogP contribution in [0, 0.1) is 0 Å². The molecule has 1 fully saturated rings. The Bertz CT molecular complexity index is 1370. The molecule has 0 spiro atoms. The minimum absolute atomic E-state index is 0.171. The molecule has 4 rings (SSSR count). The molecule has 0 radical (unpaired) electrons. The summed E-state index contributed by atoms with van der Waals surface area (Å²) in [7, 11) is 0. The van der Waals surface area contributed by atoms with E-state index in [0.29, 0.717) is 37.4 Å². The second-order valence-corrected chi connectivity index (χ2v) is 7.21. The fourth-order valence-corrected chi connectivity index (χ4v) is 3.65. The van der Waals surface area contributed by atoms with Gasteiger partial charge in [0.1, 0.15) is 0 Å².